The first-order valence-electron chi connectivity index (χ1n) is 6.15. The van der Waals surface area contributed by atoms with Gasteiger partial charge in [0, 0.05) is 23.1 Å². The third-order valence-electron chi connectivity index (χ3n) is 3.08. The molecule has 1 unspecified atom stereocenters. The van der Waals surface area contributed by atoms with Crippen LogP contribution < -0.4 is 9.47 Å². The molecular formula is C15H11Cl2FO2. The van der Waals surface area contributed by atoms with Gasteiger partial charge in [0.05, 0.1) is 5.02 Å². The highest BCUT2D eigenvalue weighted by Gasteiger charge is 2.24. The molecule has 0 bridgehead atoms. The third-order valence-corrected chi connectivity index (χ3v) is 3.63. The van der Waals surface area contributed by atoms with Crippen LogP contribution in [0.1, 0.15) is 5.56 Å². The van der Waals surface area contributed by atoms with E-state index in [1.54, 1.807) is 24.3 Å². The zero-order valence-electron chi connectivity index (χ0n) is 10.4. The number of hydrogen-bond donors (Lipinski definition) is 0. The Labute approximate surface area is 126 Å². The molecule has 3 rings (SSSR count). The van der Waals surface area contributed by atoms with Crippen molar-refractivity contribution in [1.82, 2.24) is 0 Å². The molecule has 2 aromatic rings. The van der Waals surface area contributed by atoms with E-state index < -0.39 is 0 Å². The Morgan fingerprint density at radius 3 is 2.90 bits per heavy atom. The van der Waals surface area contributed by atoms with E-state index in [2.05, 4.69) is 0 Å². The van der Waals surface area contributed by atoms with Crippen LogP contribution in [0.15, 0.2) is 36.4 Å². The van der Waals surface area contributed by atoms with Gasteiger partial charge in [0.1, 0.15) is 30.0 Å². The molecule has 20 heavy (non-hydrogen) atoms. The molecule has 1 aliphatic heterocycles. The summed E-state index contributed by atoms with van der Waals surface area (Å²) >= 11 is 11.9. The Morgan fingerprint density at radius 2 is 2.05 bits per heavy atom. The van der Waals surface area contributed by atoms with E-state index in [9.17, 15) is 4.39 Å². The minimum Gasteiger partial charge on any atom is -0.488 e. The molecule has 0 radical (unpaired) electrons. The topological polar surface area (TPSA) is 18.5 Å². The maximum Gasteiger partial charge on any atom is 0.139 e. The minimum absolute atomic E-state index is 0.151. The van der Waals surface area contributed by atoms with Gasteiger partial charge in [0.2, 0.25) is 0 Å². The van der Waals surface area contributed by atoms with Crippen LogP contribution in [0, 0.1) is 5.82 Å². The van der Waals surface area contributed by atoms with Gasteiger partial charge in [0.15, 0.2) is 0 Å². The highest BCUT2D eigenvalue weighted by molar-refractivity contribution is 6.34. The Kier molecular flexibility index (Phi) is 3.72. The summed E-state index contributed by atoms with van der Waals surface area (Å²) in [6.07, 6.45) is 0.465. The second-order valence-electron chi connectivity index (χ2n) is 4.58. The fourth-order valence-electron chi connectivity index (χ4n) is 2.15. The molecule has 2 aromatic carbocycles. The second-order valence-corrected chi connectivity index (χ2v) is 5.43. The predicted molar refractivity (Wildman–Crippen MR) is 76.5 cm³/mol. The number of halogens is 3. The first-order valence-corrected chi connectivity index (χ1v) is 6.90. The van der Waals surface area contributed by atoms with Crippen molar-refractivity contribution in [2.24, 2.45) is 0 Å². The summed E-state index contributed by atoms with van der Waals surface area (Å²) in [5.74, 6) is 0.967. The molecule has 2 nitrogen and oxygen atoms in total. The molecule has 0 spiro atoms. The largest absolute Gasteiger partial charge is 0.488 e. The first kappa shape index (κ1) is 13.5. The van der Waals surface area contributed by atoms with Crippen LogP contribution in [0.3, 0.4) is 0 Å². The van der Waals surface area contributed by atoms with Crippen LogP contribution in [-0.2, 0) is 6.42 Å². The van der Waals surface area contributed by atoms with Gasteiger partial charge in [-0.05, 0) is 30.3 Å². The van der Waals surface area contributed by atoms with Gasteiger partial charge < -0.3 is 9.47 Å². The SMILES string of the molecule is Fc1ccc2c(c1)CC(COc1cc(Cl)ccc1Cl)O2. The molecule has 0 saturated carbocycles. The number of rotatable bonds is 3. The Bertz CT molecular complexity index is 646. The van der Waals surface area contributed by atoms with E-state index in [-0.39, 0.29) is 11.9 Å². The van der Waals surface area contributed by atoms with Gasteiger partial charge in [-0.15, -0.1) is 0 Å². The van der Waals surface area contributed by atoms with Gasteiger partial charge in [-0.2, -0.15) is 0 Å². The van der Waals surface area contributed by atoms with E-state index >= 15 is 0 Å². The van der Waals surface area contributed by atoms with Crippen molar-refractivity contribution in [3.05, 3.63) is 57.8 Å². The van der Waals surface area contributed by atoms with Gasteiger partial charge in [-0.3, -0.25) is 0 Å². The molecule has 0 aromatic heterocycles. The fraction of sp³-hybridized carbons (Fsp3) is 0.200. The lowest BCUT2D eigenvalue weighted by Crippen LogP contribution is -2.22. The highest BCUT2D eigenvalue weighted by Crippen LogP contribution is 2.31. The highest BCUT2D eigenvalue weighted by atomic mass is 35.5. The lowest BCUT2D eigenvalue weighted by atomic mass is 10.1. The van der Waals surface area contributed by atoms with Crippen LogP contribution in [-0.4, -0.2) is 12.7 Å². The van der Waals surface area contributed by atoms with Crippen molar-refractivity contribution in [2.45, 2.75) is 12.5 Å². The molecule has 0 amide bonds. The number of fused-ring (bicyclic) bond motifs is 1. The summed E-state index contributed by atoms with van der Waals surface area (Å²) in [4.78, 5) is 0. The van der Waals surface area contributed by atoms with Crippen LogP contribution >= 0.6 is 23.2 Å². The van der Waals surface area contributed by atoms with Gasteiger partial charge in [-0.1, -0.05) is 23.2 Å². The van der Waals surface area contributed by atoms with Crippen LogP contribution in [0.5, 0.6) is 11.5 Å². The first-order chi connectivity index (χ1) is 9.61. The molecule has 104 valence electrons. The van der Waals surface area contributed by atoms with Crippen molar-refractivity contribution >= 4 is 23.2 Å². The van der Waals surface area contributed by atoms with E-state index in [1.165, 1.54) is 12.1 Å². The summed E-state index contributed by atoms with van der Waals surface area (Å²) < 4.78 is 24.4. The van der Waals surface area contributed by atoms with E-state index in [1.807, 2.05) is 0 Å². The summed E-state index contributed by atoms with van der Waals surface area (Å²) in [5, 5.41) is 1.05. The van der Waals surface area contributed by atoms with Crippen molar-refractivity contribution in [2.75, 3.05) is 6.61 Å². The zero-order chi connectivity index (χ0) is 14.1. The van der Waals surface area contributed by atoms with Crippen molar-refractivity contribution in [3.63, 3.8) is 0 Å². The normalized spacial score (nSPS) is 16.6. The Morgan fingerprint density at radius 1 is 1.20 bits per heavy atom. The average Bonchev–Trinajstić information content (AvgIpc) is 2.81. The predicted octanol–water partition coefficient (Wildman–Crippen LogP) is 4.52. The number of ether oxygens (including phenoxy) is 2. The number of hydrogen-bond acceptors (Lipinski definition) is 2. The molecule has 5 heteroatoms. The average molecular weight is 313 g/mol. The van der Waals surface area contributed by atoms with Crippen LogP contribution in [0.4, 0.5) is 4.39 Å². The standard InChI is InChI=1S/C15H11Cl2FO2/c16-10-1-3-13(17)15(7-10)19-8-12-6-9-5-11(18)2-4-14(9)20-12/h1-5,7,12H,6,8H2. The maximum atomic E-state index is 13.1. The van der Waals surface area contributed by atoms with Gasteiger partial charge in [-0.25, -0.2) is 4.39 Å². The summed E-state index contributed by atoms with van der Waals surface area (Å²) in [5.41, 5.74) is 0.857. The quantitative estimate of drug-likeness (QED) is 0.830. The van der Waals surface area contributed by atoms with E-state index in [0.717, 1.165) is 5.56 Å². The smallest absolute Gasteiger partial charge is 0.139 e. The summed E-state index contributed by atoms with van der Waals surface area (Å²) in [6.45, 7) is 0.330. The monoisotopic (exact) mass is 312 g/mol. The van der Waals surface area contributed by atoms with Gasteiger partial charge in [0.25, 0.3) is 0 Å². The Balaban J connectivity index is 1.65. The molecule has 0 N–H and O–H groups in total. The lowest BCUT2D eigenvalue weighted by Gasteiger charge is -2.13. The summed E-state index contributed by atoms with van der Waals surface area (Å²) in [6, 6.07) is 9.54. The van der Waals surface area contributed by atoms with E-state index in [0.29, 0.717) is 34.6 Å². The Hall–Kier alpha value is -1.45. The van der Waals surface area contributed by atoms with Crippen molar-refractivity contribution in [3.8, 4) is 11.5 Å². The van der Waals surface area contributed by atoms with Crippen molar-refractivity contribution in [1.29, 1.82) is 0 Å². The van der Waals surface area contributed by atoms with Crippen molar-refractivity contribution < 1.29 is 13.9 Å². The van der Waals surface area contributed by atoms with Crippen LogP contribution in [0.2, 0.25) is 10.0 Å². The summed E-state index contributed by atoms with van der Waals surface area (Å²) in [7, 11) is 0. The molecular weight excluding hydrogens is 302 g/mol. The second kappa shape index (κ2) is 5.51. The third kappa shape index (κ3) is 2.84. The molecule has 0 aliphatic carbocycles. The molecule has 0 saturated heterocycles. The molecule has 0 fully saturated rings. The maximum absolute atomic E-state index is 13.1. The zero-order valence-corrected chi connectivity index (χ0v) is 11.9. The molecule has 1 heterocycles. The molecule has 1 aliphatic rings. The lowest BCUT2D eigenvalue weighted by molar-refractivity contribution is 0.148. The van der Waals surface area contributed by atoms with E-state index in [4.69, 9.17) is 32.7 Å². The van der Waals surface area contributed by atoms with Gasteiger partial charge >= 0.3 is 0 Å². The fourth-order valence-corrected chi connectivity index (χ4v) is 2.49. The minimum atomic E-state index is -0.258. The number of benzene rings is 2. The molecule has 1 atom stereocenters. The van der Waals surface area contributed by atoms with Crippen LogP contribution in [0.25, 0.3) is 0 Å².